The van der Waals surface area contributed by atoms with Crippen LogP contribution in [0, 0.1) is 6.92 Å². The molecule has 1 atom stereocenters. The van der Waals surface area contributed by atoms with E-state index in [1.165, 1.54) is 6.92 Å². The Labute approximate surface area is 192 Å². The fourth-order valence-electron chi connectivity index (χ4n) is 2.44. The highest BCUT2D eigenvalue weighted by Crippen LogP contribution is 2.29. The summed E-state index contributed by atoms with van der Waals surface area (Å²) < 4.78 is 5.27. The van der Waals surface area contributed by atoms with E-state index >= 15 is 0 Å². The zero-order valence-electron chi connectivity index (χ0n) is 16.1. The Kier molecular flexibility index (Phi) is 7.77. The fraction of sp³-hybridized carbons (Fsp3) is 0.190. The topological polar surface area (TPSA) is 68.3 Å². The molecule has 0 bridgehead atoms. The van der Waals surface area contributed by atoms with E-state index in [0.29, 0.717) is 16.3 Å². The number of nitrogens with one attached hydrogen (secondary N) is 1. The Morgan fingerprint density at radius 2 is 1.93 bits per heavy atom. The minimum atomic E-state index is -1.01. The number of nitrogens with zero attached hydrogens (tertiary/aromatic N) is 1. The molecule has 1 amide bonds. The number of carbonyl (C=O) groups is 2. The molecule has 0 aliphatic heterocycles. The van der Waals surface area contributed by atoms with Gasteiger partial charge in [-0.25, -0.2) is 9.78 Å². The molecule has 1 N–H and O–H groups in total. The number of benzene rings is 2. The minimum Gasteiger partial charge on any atom is -0.449 e. The van der Waals surface area contributed by atoms with E-state index in [2.05, 4.69) is 10.3 Å². The highest BCUT2D eigenvalue weighted by molar-refractivity contribution is 7.98. The summed E-state index contributed by atoms with van der Waals surface area (Å²) in [5.41, 5.74) is 1.75. The number of rotatable bonds is 7. The molecule has 9 heteroatoms. The number of halogens is 2. The second-order valence-corrected chi connectivity index (χ2v) is 9.21. The van der Waals surface area contributed by atoms with E-state index in [-0.39, 0.29) is 5.02 Å². The Bertz CT molecular complexity index is 1050. The highest BCUT2D eigenvalue weighted by Gasteiger charge is 2.20. The molecule has 0 fully saturated rings. The molecule has 3 rings (SSSR count). The quantitative estimate of drug-likeness (QED) is 0.320. The van der Waals surface area contributed by atoms with Gasteiger partial charge in [-0.05, 0) is 50.2 Å². The Balaban J connectivity index is 1.54. The minimum absolute atomic E-state index is 0.229. The molecule has 156 valence electrons. The molecule has 0 radical (unpaired) electrons. The number of anilines is 1. The molecule has 30 heavy (non-hydrogen) atoms. The molecule has 0 saturated carbocycles. The van der Waals surface area contributed by atoms with Crippen molar-refractivity contribution in [3.8, 4) is 0 Å². The van der Waals surface area contributed by atoms with Crippen LogP contribution in [0.4, 0.5) is 5.69 Å². The van der Waals surface area contributed by atoms with Crippen LogP contribution in [0.25, 0.3) is 0 Å². The maximum absolute atomic E-state index is 12.4. The predicted octanol–water partition coefficient (Wildman–Crippen LogP) is 6.23. The van der Waals surface area contributed by atoms with Crippen LogP contribution in [-0.2, 0) is 15.3 Å². The van der Waals surface area contributed by atoms with Crippen LogP contribution >= 0.6 is 46.3 Å². The van der Waals surface area contributed by atoms with E-state index in [9.17, 15) is 9.59 Å². The van der Waals surface area contributed by atoms with Crippen molar-refractivity contribution in [2.45, 2.75) is 30.6 Å². The number of thioether (sulfide) groups is 1. The van der Waals surface area contributed by atoms with Crippen molar-refractivity contribution in [3.63, 3.8) is 0 Å². The van der Waals surface area contributed by atoms with Crippen LogP contribution < -0.4 is 5.32 Å². The molecule has 1 aromatic heterocycles. The molecule has 1 unspecified atom stereocenters. The normalized spacial score (nSPS) is 11.7. The van der Waals surface area contributed by atoms with Crippen LogP contribution in [-0.4, -0.2) is 23.0 Å². The van der Waals surface area contributed by atoms with Crippen molar-refractivity contribution in [1.82, 2.24) is 4.98 Å². The van der Waals surface area contributed by atoms with Gasteiger partial charge >= 0.3 is 5.97 Å². The average molecular weight is 481 g/mol. The number of aryl methyl sites for hydroxylation is 1. The van der Waals surface area contributed by atoms with Crippen LogP contribution in [0.3, 0.4) is 0 Å². The zero-order chi connectivity index (χ0) is 21.7. The summed E-state index contributed by atoms with van der Waals surface area (Å²) in [6.07, 6.45) is -1.01. The lowest BCUT2D eigenvalue weighted by Gasteiger charge is -2.14. The molecule has 0 aliphatic carbocycles. The lowest BCUT2D eigenvalue weighted by atomic mass is 10.2. The first-order valence-corrected chi connectivity index (χ1v) is 11.6. The first-order chi connectivity index (χ1) is 14.3. The first-order valence-electron chi connectivity index (χ1n) is 8.93. The average Bonchev–Trinajstić information content (AvgIpc) is 3.15. The highest BCUT2D eigenvalue weighted by atomic mass is 35.5. The van der Waals surface area contributed by atoms with E-state index < -0.39 is 18.0 Å². The number of carbonyl (C=O) groups excluding carboxylic acids is 2. The molecule has 1 heterocycles. The lowest BCUT2D eigenvalue weighted by molar-refractivity contribution is -0.123. The van der Waals surface area contributed by atoms with Gasteiger partial charge in [0.25, 0.3) is 5.91 Å². The third-order valence-electron chi connectivity index (χ3n) is 4.01. The van der Waals surface area contributed by atoms with Crippen LogP contribution in [0.15, 0.2) is 52.7 Å². The van der Waals surface area contributed by atoms with Gasteiger partial charge in [0.1, 0.15) is 0 Å². The number of ether oxygens (including phenoxy) is 1. The SMILES string of the molecule is Cc1nc(CSc2ccc(C(=O)OC(C)C(=O)Nc3cccc(Cl)c3Cl)cc2)cs1. The Hall–Kier alpha value is -2.06. The van der Waals surface area contributed by atoms with Crippen molar-refractivity contribution < 1.29 is 14.3 Å². The summed E-state index contributed by atoms with van der Waals surface area (Å²) in [4.78, 5) is 30.1. The molecule has 2 aromatic carbocycles. The van der Waals surface area contributed by atoms with Crippen molar-refractivity contribution in [2.24, 2.45) is 0 Å². The summed E-state index contributed by atoms with van der Waals surface area (Å²) in [5.74, 6) is -0.322. The number of aromatic nitrogens is 1. The largest absolute Gasteiger partial charge is 0.449 e. The summed E-state index contributed by atoms with van der Waals surface area (Å²) in [6.45, 7) is 3.47. The van der Waals surface area contributed by atoms with Crippen molar-refractivity contribution in [2.75, 3.05) is 5.32 Å². The predicted molar refractivity (Wildman–Crippen MR) is 123 cm³/mol. The van der Waals surface area contributed by atoms with E-state index in [0.717, 1.165) is 21.3 Å². The molecule has 5 nitrogen and oxygen atoms in total. The number of esters is 1. The molecule has 0 spiro atoms. The van der Waals surface area contributed by atoms with E-state index in [1.807, 2.05) is 24.4 Å². The molecular formula is C21H18Cl2N2O3S2. The van der Waals surface area contributed by atoms with Crippen molar-refractivity contribution in [1.29, 1.82) is 0 Å². The number of hydrogen-bond acceptors (Lipinski definition) is 6. The number of thiazole rings is 1. The summed E-state index contributed by atoms with van der Waals surface area (Å²) in [5, 5.41) is 6.24. The van der Waals surface area contributed by atoms with Gasteiger partial charge in [0, 0.05) is 16.0 Å². The second-order valence-electron chi connectivity index (χ2n) is 6.31. The fourth-order valence-corrected chi connectivity index (χ4v) is 4.29. The molecule has 0 aliphatic rings. The molecule has 3 aromatic rings. The lowest BCUT2D eigenvalue weighted by Crippen LogP contribution is -2.30. The standard InChI is InChI=1S/C21H18Cl2N2O3S2/c1-12(20(26)25-18-5-3-4-17(22)19(18)23)28-21(27)14-6-8-16(9-7-14)30-11-15-10-29-13(2)24-15/h3-10,12H,11H2,1-2H3,(H,25,26). The third kappa shape index (κ3) is 5.98. The second kappa shape index (κ2) is 10.3. The van der Waals surface area contributed by atoms with Crippen LogP contribution in [0.1, 0.15) is 28.0 Å². The van der Waals surface area contributed by atoms with Gasteiger partial charge in [0.05, 0.1) is 32.0 Å². The maximum atomic E-state index is 12.4. The van der Waals surface area contributed by atoms with Gasteiger partial charge < -0.3 is 10.1 Å². The van der Waals surface area contributed by atoms with Crippen LogP contribution in [0.5, 0.6) is 0 Å². The molecular weight excluding hydrogens is 463 g/mol. The van der Waals surface area contributed by atoms with E-state index in [4.69, 9.17) is 27.9 Å². The summed E-state index contributed by atoms with van der Waals surface area (Å²) in [6, 6.07) is 11.9. The number of amides is 1. The summed E-state index contributed by atoms with van der Waals surface area (Å²) >= 11 is 15.3. The first kappa shape index (κ1) is 22.6. The van der Waals surface area contributed by atoms with Crippen molar-refractivity contribution >= 4 is 63.9 Å². The Morgan fingerprint density at radius 3 is 2.60 bits per heavy atom. The van der Waals surface area contributed by atoms with Gasteiger partial charge in [-0.1, -0.05) is 29.3 Å². The smallest absolute Gasteiger partial charge is 0.338 e. The van der Waals surface area contributed by atoms with E-state index in [1.54, 1.807) is 53.4 Å². The van der Waals surface area contributed by atoms with Gasteiger partial charge in [0.2, 0.25) is 0 Å². The van der Waals surface area contributed by atoms with Gasteiger partial charge in [-0.2, -0.15) is 0 Å². The monoisotopic (exact) mass is 480 g/mol. The van der Waals surface area contributed by atoms with Gasteiger partial charge in [-0.15, -0.1) is 23.1 Å². The van der Waals surface area contributed by atoms with Gasteiger partial charge in [0.15, 0.2) is 6.10 Å². The summed E-state index contributed by atoms with van der Waals surface area (Å²) in [7, 11) is 0. The zero-order valence-corrected chi connectivity index (χ0v) is 19.3. The maximum Gasteiger partial charge on any atom is 0.338 e. The Morgan fingerprint density at radius 1 is 1.20 bits per heavy atom. The third-order valence-corrected chi connectivity index (χ3v) is 6.69. The molecule has 0 saturated heterocycles. The van der Waals surface area contributed by atoms with Crippen LogP contribution in [0.2, 0.25) is 10.0 Å². The van der Waals surface area contributed by atoms with Crippen molar-refractivity contribution in [3.05, 3.63) is 74.2 Å². The number of hydrogen-bond donors (Lipinski definition) is 1. The van der Waals surface area contributed by atoms with Gasteiger partial charge in [-0.3, -0.25) is 4.79 Å².